The molecule has 118 valence electrons. The van der Waals surface area contributed by atoms with Crippen LogP contribution in [0.3, 0.4) is 0 Å². The van der Waals surface area contributed by atoms with Gasteiger partial charge in [-0.15, -0.1) is 23.7 Å². The molecule has 1 amide bonds. The van der Waals surface area contributed by atoms with Crippen molar-refractivity contribution >= 4 is 29.7 Å². The Kier molecular flexibility index (Phi) is 6.00. The zero-order chi connectivity index (χ0) is 14.7. The van der Waals surface area contributed by atoms with Crippen molar-refractivity contribution in [2.24, 2.45) is 5.73 Å². The molecule has 3 N–H and O–H groups in total. The van der Waals surface area contributed by atoms with Crippen LogP contribution < -0.4 is 11.1 Å². The second kappa shape index (κ2) is 7.77. The van der Waals surface area contributed by atoms with E-state index in [1.165, 1.54) is 10.4 Å². The molecule has 1 aromatic carbocycles. The lowest BCUT2D eigenvalue weighted by atomic mass is 9.92. The zero-order valence-corrected chi connectivity index (χ0v) is 14.0. The van der Waals surface area contributed by atoms with Crippen molar-refractivity contribution in [2.45, 2.75) is 31.2 Å². The predicted octanol–water partition coefficient (Wildman–Crippen LogP) is 3.41. The van der Waals surface area contributed by atoms with Crippen molar-refractivity contribution in [3.05, 3.63) is 57.8 Å². The first kappa shape index (κ1) is 17.0. The number of benzene rings is 1. The fourth-order valence-electron chi connectivity index (χ4n) is 2.99. The molecule has 1 aliphatic carbocycles. The van der Waals surface area contributed by atoms with E-state index in [0.717, 1.165) is 24.8 Å². The summed E-state index contributed by atoms with van der Waals surface area (Å²) in [5.41, 5.74) is 8.11. The summed E-state index contributed by atoms with van der Waals surface area (Å²) < 4.78 is 0. The number of fused-ring (bicyclic) bond motifs is 1. The molecule has 0 saturated carbocycles. The quantitative estimate of drug-likeness (QED) is 0.899. The number of carbonyl (C=O) groups is 1. The van der Waals surface area contributed by atoms with E-state index in [9.17, 15) is 4.79 Å². The smallest absolute Gasteiger partial charge is 0.229 e. The van der Waals surface area contributed by atoms with Crippen molar-refractivity contribution in [3.63, 3.8) is 0 Å². The first-order chi connectivity index (χ1) is 10.3. The molecule has 3 rings (SSSR count). The summed E-state index contributed by atoms with van der Waals surface area (Å²) in [4.78, 5) is 14.0. The van der Waals surface area contributed by atoms with E-state index < -0.39 is 0 Å². The predicted molar refractivity (Wildman–Crippen MR) is 93.6 cm³/mol. The van der Waals surface area contributed by atoms with Crippen molar-refractivity contribution in [2.75, 3.05) is 6.54 Å². The van der Waals surface area contributed by atoms with E-state index in [1.807, 2.05) is 30.3 Å². The minimum Gasteiger partial charge on any atom is -0.349 e. The first-order valence-corrected chi connectivity index (χ1v) is 8.29. The maximum absolute atomic E-state index is 12.6. The van der Waals surface area contributed by atoms with Gasteiger partial charge in [0.05, 0.1) is 12.0 Å². The fraction of sp³-hybridized carbons (Fsp3) is 0.353. The Balaban J connectivity index is 0.00000176. The molecule has 0 radical (unpaired) electrons. The van der Waals surface area contributed by atoms with Gasteiger partial charge in [-0.05, 0) is 41.8 Å². The highest BCUT2D eigenvalue weighted by atomic mass is 35.5. The van der Waals surface area contributed by atoms with Crippen LogP contribution in [0.2, 0.25) is 0 Å². The molecular weight excluding hydrogens is 316 g/mol. The second-order valence-corrected chi connectivity index (χ2v) is 6.45. The van der Waals surface area contributed by atoms with E-state index in [1.54, 1.807) is 11.3 Å². The van der Waals surface area contributed by atoms with Crippen LogP contribution in [-0.4, -0.2) is 12.5 Å². The Morgan fingerprint density at radius 3 is 2.82 bits per heavy atom. The van der Waals surface area contributed by atoms with Crippen LogP contribution in [0.1, 0.15) is 40.8 Å². The van der Waals surface area contributed by atoms with Gasteiger partial charge in [0.15, 0.2) is 0 Å². The Morgan fingerprint density at radius 1 is 1.32 bits per heavy atom. The van der Waals surface area contributed by atoms with Crippen molar-refractivity contribution in [1.82, 2.24) is 5.32 Å². The SMILES string of the molecule is Cl.NCC(C(=O)NC1CCCc2sccc21)c1ccccc1. The topological polar surface area (TPSA) is 55.1 Å². The van der Waals surface area contributed by atoms with Crippen LogP contribution in [-0.2, 0) is 11.2 Å². The Hall–Kier alpha value is -1.36. The molecule has 2 aromatic rings. The number of aryl methyl sites for hydroxylation is 1. The van der Waals surface area contributed by atoms with Crippen molar-refractivity contribution < 1.29 is 4.79 Å². The molecule has 0 aliphatic heterocycles. The van der Waals surface area contributed by atoms with Crippen LogP contribution in [0, 0.1) is 0 Å². The third-order valence-electron chi connectivity index (χ3n) is 4.12. The molecule has 1 aliphatic rings. The lowest BCUT2D eigenvalue weighted by molar-refractivity contribution is -0.123. The maximum atomic E-state index is 12.6. The molecule has 5 heteroatoms. The number of carbonyl (C=O) groups excluding carboxylic acids is 1. The number of hydrogen-bond donors (Lipinski definition) is 2. The summed E-state index contributed by atoms with van der Waals surface area (Å²) in [6.45, 7) is 0.332. The molecule has 0 saturated heterocycles. The number of amides is 1. The highest BCUT2D eigenvalue weighted by Gasteiger charge is 2.26. The molecule has 2 atom stereocenters. The Labute approximate surface area is 141 Å². The summed E-state index contributed by atoms with van der Waals surface area (Å²) in [7, 11) is 0. The maximum Gasteiger partial charge on any atom is 0.229 e. The van der Waals surface area contributed by atoms with E-state index in [0.29, 0.717) is 6.54 Å². The van der Waals surface area contributed by atoms with E-state index >= 15 is 0 Å². The molecule has 1 aromatic heterocycles. The van der Waals surface area contributed by atoms with Crippen molar-refractivity contribution in [3.8, 4) is 0 Å². The van der Waals surface area contributed by atoms with Gasteiger partial charge >= 0.3 is 0 Å². The fourth-order valence-corrected chi connectivity index (χ4v) is 3.98. The average Bonchev–Trinajstić information content (AvgIpc) is 2.99. The van der Waals surface area contributed by atoms with Gasteiger partial charge in [-0.1, -0.05) is 30.3 Å². The number of nitrogens with two attached hydrogens (primary N) is 1. The summed E-state index contributed by atoms with van der Waals surface area (Å²) in [5, 5.41) is 5.32. The molecule has 0 spiro atoms. The van der Waals surface area contributed by atoms with Crippen LogP contribution >= 0.6 is 23.7 Å². The van der Waals surface area contributed by atoms with Crippen molar-refractivity contribution in [1.29, 1.82) is 0 Å². The normalized spacial score (nSPS) is 18.0. The summed E-state index contributed by atoms with van der Waals surface area (Å²) in [6.07, 6.45) is 3.29. The van der Waals surface area contributed by atoms with Gasteiger partial charge in [0.2, 0.25) is 5.91 Å². The highest BCUT2D eigenvalue weighted by Crippen LogP contribution is 2.33. The molecular formula is C17H21ClN2OS. The lowest BCUT2D eigenvalue weighted by Crippen LogP contribution is -2.37. The number of halogens is 1. The average molecular weight is 337 g/mol. The minimum atomic E-state index is -0.268. The van der Waals surface area contributed by atoms with E-state index in [4.69, 9.17) is 5.73 Å². The van der Waals surface area contributed by atoms with E-state index in [-0.39, 0.29) is 30.3 Å². The standard InChI is InChI=1S/C17H20N2OS.ClH/c18-11-14(12-5-2-1-3-6-12)17(20)19-15-7-4-8-16-13(15)9-10-21-16;/h1-3,5-6,9-10,14-15H,4,7-8,11,18H2,(H,19,20);1H. The summed E-state index contributed by atoms with van der Waals surface area (Å²) >= 11 is 1.79. The van der Waals surface area contributed by atoms with Gasteiger partial charge in [0.1, 0.15) is 0 Å². The number of nitrogens with one attached hydrogen (secondary N) is 1. The third kappa shape index (κ3) is 3.51. The third-order valence-corrected chi connectivity index (χ3v) is 5.12. The molecule has 2 unspecified atom stereocenters. The van der Waals surface area contributed by atoms with Gasteiger partial charge in [-0.2, -0.15) is 0 Å². The summed E-state index contributed by atoms with van der Waals surface area (Å²) in [6, 6.07) is 12.1. The molecule has 3 nitrogen and oxygen atoms in total. The van der Waals surface area contributed by atoms with Gasteiger partial charge in [0, 0.05) is 11.4 Å². The number of hydrogen-bond acceptors (Lipinski definition) is 3. The molecule has 22 heavy (non-hydrogen) atoms. The van der Waals surface area contributed by atoms with Crippen LogP contribution in [0.25, 0.3) is 0 Å². The number of rotatable bonds is 4. The molecule has 1 heterocycles. The second-order valence-electron chi connectivity index (χ2n) is 5.45. The largest absolute Gasteiger partial charge is 0.349 e. The van der Waals surface area contributed by atoms with Crippen LogP contribution in [0.5, 0.6) is 0 Å². The van der Waals surface area contributed by atoms with E-state index in [2.05, 4.69) is 16.8 Å². The van der Waals surface area contributed by atoms with Crippen LogP contribution in [0.15, 0.2) is 41.8 Å². The highest BCUT2D eigenvalue weighted by molar-refractivity contribution is 7.10. The zero-order valence-electron chi connectivity index (χ0n) is 12.3. The first-order valence-electron chi connectivity index (χ1n) is 7.41. The minimum absolute atomic E-state index is 0. The van der Waals surface area contributed by atoms with Crippen LogP contribution in [0.4, 0.5) is 0 Å². The molecule has 0 fully saturated rings. The number of thiophene rings is 1. The Morgan fingerprint density at radius 2 is 2.09 bits per heavy atom. The van der Waals surface area contributed by atoms with Gasteiger partial charge in [0.25, 0.3) is 0 Å². The van der Waals surface area contributed by atoms with Gasteiger partial charge < -0.3 is 11.1 Å². The monoisotopic (exact) mass is 336 g/mol. The molecule has 0 bridgehead atoms. The summed E-state index contributed by atoms with van der Waals surface area (Å²) in [5.74, 6) is -0.233. The lowest BCUT2D eigenvalue weighted by Gasteiger charge is -2.26. The van der Waals surface area contributed by atoms with Gasteiger partial charge in [-0.3, -0.25) is 4.79 Å². The Bertz CT molecular complexity index is 614. The van der Waals surface area contributed by atoms with Gasteiger partial charge in [-0.25, -0.2) is 0 Å².